The summed E-state index contributed by atoms with van der Waals surface area (Å²) >= 11 is 0. The van der Waals surface area contributed by atoms with Crippen molar-refractivity contribution in [3.63, 3.8) is 0 Å². The Morgan fingerprint density at radius 3 is 2.45 bits per heavy atom. The van der Waals surface area contributed by atoms with E-state index in [1.54, 1.807) is 7.11 Å². The predicted molar refractivity (Wildman–Crippen MR) is 110 cm³/mol. The van der Waals surface area contributed by atoms with Crippen molar-refractivity contribution in [2.45, 2.75) is 13.0 Å². The van der Waals surface area contributed by atoms with Gasteiger partial charge in [-0.05, 0) is 24.3 Å². The number of methoxy groups -OCH3 is 2. The first-order valence-electron chi connectivity index (χ1n) is 9.56. The van der Waals surface area contributed by atoms with Gasteiger partial charge in [-0.3, -0.25) is 4.79 Å². The molecular formula is C23H23N3O3. The van der Waals surface area contributed by atoms with Crippen molar-refractivity contribution in [1.82, 2.24) is 14.9 Å². The number of hydrogen-bond donors (Lipinski definition) is 0. The third-order valence-electron chi connectivity index (χ3n) is 5.08. The van der Waals surface area contributed by atoms with E-state index in [-0.39, 0.29) is 12.5 Å². The van der Waals surface area contributed by atoms with E-state index in [9.17, 15) is 4.79 Å². The van der Waals surface area contributed by atoms with E-state index in [2.05, 4.69) is 0 Å². The van der Waals surface area contributed by atoms with Crippen LogP contribution in [0.4, 0.5) is 0 Å². The van der Waals surface area contributed by atoms with E-state index >= 15 is 0 Å². The zero-order chi connectivity index (χ0) is 20.2. The molecule has 6 heteroatoms. The van der Waals surface area contributed by atoms with Gasteiger partial charge in [-0.15, -0.1) is 0 Å². The lowest BCUT2D eigenvalue weighted by atomic mass is 9.98. The fourth-order valence-electron chi connectivity index (χ4n) is 3.55. The van der Waals surface area contributed by atoms with Gasteiger partial charge in [-0.25, -0.2) is 9.97 Å². The SMILES string of the molecule is COCC(=O)N1CCc2nc(-c3ccccc3)nc(-c3ccc(OC)cc3)c2C1. The Hall–Kier alpha value is -3.25. The topological polar surface area (TPSA) is 64.5 Å². The van der Waals surface area contributed by atoms with Gasteiger partial charge in [0.2, 0.25) is 5.91 Å². The Labute approximate surface area is 170 Å². The molecule has 0 bridgehead atoms. The first-order valence-corrected chi connectivity index (χ1v) is 9.56. The molecule has 1 aliphatic heterocycles. The fraction of sp³-hybridized carbons (Fsp3) is 0.261. The highest BCUT2D eigenvalue weighted by molar-refractivity contribution is 5.78. The lowest BCUT2D eigenvalue weighted by molar-refractivity contribution is -0.136. The van der Waals surface area contributed by atoms with Crippen molar-refractivity contribution in [3.8, 4) is 28.4 Å². The third-order valence-corrected chi connectivity index (χ3v) is 5.08. The summed E-state index contributed by atoms with van der Waals surface area (Å²) in [4.78, 5) is 23.9. The third kappa shape index (κ3) is 3.98. The summed E-state index contributed by atoms with van der Waals surface area (Å²) in [6.07, 6.45) is 0.691. The Morgan fingerprint density at radius 1 is 1.00 bits per heavy atom. The molecule has 0 spiro atoms. The van der Waals surface area contributed by atoms with Crippen LogP contribution in [0.5, 0.6) is 5.75 Å². The second kappa shape index (κ2) is 8.41. The molecule has 29 heavy (non-hydrogen) atoms. The molecule has 2 heterocycles. The Bertz CT molecular complexity index is 1000. The first-order chi connectivity index (χ1) is 14.2. The minimum absolute atomic E-state index is 0.0223. The molecule has 1 amide bonds. The molecular weight excluding hydrogens is 366 g/mol. The van der Waals surface area contributed by atoms with Crippen molar-refractivity contribution in [3.05, 3.63) is 65.9 Å². The minimum atomic E-state index is -0.0223. The van der Waals surface area contributed by atoms with E-state index in [4.69, 9.17) is 19.4 Å². The molecule has 1 aliphatic rings. The summed E-state index contributed by atoms with van der Waals surface area (Å²) in [5.74, 6) is 1.47. The van der Waals surface area contributed by atoms with E-state index in [1.165, 1.54) is 7.11 Å². The van der Waals surface area contributed by atoms with Crippen LogP contribution in [0.2, 0.25) is 0 Å². The van der Waals surface area contributed by atoms with Crippen LogP contribution in [0.15, 0.2) is 54.6 Å². The van der Waals surface area contributed by atoms with Crippen LogP contribution in [-0.4, -0.2) is 48.1 Å². The number of benzene rings is 2. The van der Waals surface area contributed by atoms with Crippen molar-refractivity contribution < 1.29 is 14.3 Å². The number of nitrogens with zero attached hydrogens (tertiary/aromatic N) is 3. The van der Waals surface area contributed by atoms with Gasteiger partial charge >= 0.3 is 0 Å². The van der Waals surface area contributed by atoms with Crippen LogP contribution in [0.1, 0.15) is 11.3 Å². The van der Waals surface area contributed by atoms with Gasteiger partial charge in [0, 0.05) is 43.3 Å². The molecule has 3 aromatic rings. The largest absolute Gasteiger partial charge is 0.497 e. The molecule has 0 unspecified atom stereocenters. The van der Waals surface area contributed by atoms with Gasteiger partial charge < -0.3 is 14.4 Å². The second-order valence-corrected chi connectivity index (χ2v) is 6.91. The fourth-order valence-corrected chi connectivity index (χ4v) is 3.55. The first kappa shape index (κ1) is 19.1. The van der Waals surface area contributed by atoms with Crippen molar-refractivity contribution >= 4 is 5.91 Å². The van der Waals surface area contributed by atoms with Crippen LogP contribution >= 0.6 is 0 Å². The van der Waals surface area contributed by atoms with Gasteiger partial charge in [-0.1, -0.05) is 30.3 Å². The van der Waals surface area contributed by atoms with Gasteiger partial charge in [0.1, 0.15) is 12.4 Å². The zero-order valence-electron chi connectivity index (χ0n) is 16.6. The van der Waals surface area contributed by atoms with E-state index in [0.29, 0.717) is 25.3 Å². The number of amides is 1. The molecule has 0 saturated heterocycles. The number of hydrogen-bond acceptors (Lipinski definition) is 5. The molecule has 0 N–H and O–H groups in total. The van der Waals surface area contributed by atoms with Crippen LogP contribution in [0.25, 0.3) is 22.6 Å². The maximum Gasteiger partial charge on any atom is 0.248 e. The van der Waals surface area contributed by atoms with Gasteiger partial charge in [-0.2, -0.15) is 0 Å². The molecule has 148 valence electrons. The molecule has 0 radical (unpaired) electrons. The number of carbonyl (C=O) groups excluding carboxylic acids is 1. The van der Waals surface area contributed by atoms with Gasteiger partial charge in [0.15, 0.2) is 5.82 Å². The molecule has 0 atom stereocenters. The number of aromatic nitrogens is 2. The average molecular weight is 389 g/mol. The highest BCUT2D eigenvalue weighted by Crippen LogP contribution is 2.31. The molecule has 1 aromatic heterocycles. The molecule has 4 rings (SSSR count). The second-order valence-electron chi connectivity index (χ2n) is 6.91. The molecule has 0 aliphatic carbocycles. The number of ether oxygens (including phenoxy) is 2. The van der Waals surface area contributed by atoms with Crippen LogP contribution in [0.3, 0.4) is 0 Å². The normalized spacial score (nSPS) is 13.1. The summed E-state index contributed by atoms with van der Waals surface area (Å²) in [5, 5.41) is 0. The monoisotopic (exact) mass is 389 g/mol. The highest BCUT2D eigenvalue weighted by atomic mass is 16.5. The standard InChI is InChI=1S/C23H23N3O3/c1-28-15-21(27)26-13-12-20-19(14-26)22(16-8-10-18(29-2)11-9-16)25-23(24-20)17-6-4-3-5-7-17/h3-11H,12-15H2,1-2H3. The molecule has 2 aromatic carbocycles. The van der Waals surface area contributed by atoms with E-state index in [1.807, 2.05) is 59.5 Å². The van der Waals surface area contributed by atoms with Crippen molar-refractivity contribution in [1.29, 1.82) is 0 Å². The Morgan fingerprint density at radius 2 is 1.76 bits per heavy atom. The summed E-state index contributed by atoms with van der Waals surface area (Å²) in [7, 11) is 3.18. The summed E-state index contributed by atoms with van der Waals surface area (Å²) in [5.41, 5.74) is 4.79. The van der Waals surface area contributed by atoms with Crippen molar-refractivity contribution in [2.75, 3.05) is 27.4 Å². The number of fused-ring (bicyclic) bond motifs is 1. The molecule has 6 nitrogen and oxygen atoms in total. The quantitative estimate of drug-likeness (QED) is 0.670. The lowest BCUT2D eigenvalue weighted by Crippen LogP contribution is -2.38. The van der Waals surface area contributed by atoms with E-state index in [0.717, 1.165) is 33.8 Å². The highest BCUT2D eigenvalue weighted by Gasteiger charge is 2.26. The van der Waals surface area contributed by atoms with Gasteiger partial charge in [0.05, 0.1) is 18.5 Å². The van der Waals surface area contributed by atoms with Crippen LogP contribution < -0.4 is 4.74 Å². The predicted octanol–water partition coefficient (Wildman–Crippen LogP) is 3.35. The van der Waals surface area contributed by atoms with E-state index < -0.39 is 0 Å². The van der Waals surface area contributed by atoms with Crippen molar-refractivity contribution in [2.24, 2.45) is 0 Å². The summed E-state index contributed by atoms with van der Waals surface area (Å²) in [6, 6.07) is 17.8. The summed E-state index contributed by atoms with van der Waals surface area (Å²) in [6.45, 7) is 1.19. The lowest BCUT2D eigenvalue weighted by Gasteiger charge is -2.29. The average Bonchev–Trinajstić information content (AvgIpc) is 2.79. The molecule has 0 fully saturated rings. The maximum atomic E-state index is 12.4. The van der Waals surface area contributed by atoms with Crippen LogP contribution in [-0.2, 0) is 22.5 Å². The Balaban J connectivity index is 1.80. The minimum Gasteiger partial charge on any atom is -0.497 e. The zero-order valence-corrected chi connectivity index (χ0v) is 16.6. The Kier molecular flexibility index (Phi) is 5.53. The maximum absolute atomic E-state index is 12.4. The van der Waals surface area contributed by atoms with Crippen LogP contribution in [0, 0.1) is 0 Å². The number of carbonyl (C=O) groups is 1. The van der Waals surface area contributed by atoms with Gasteiger partial charge in [0.25, 0.3) is 0 Å². The number of rotatable bonds is 5. The smallest absolute Gasteiger partial charge is 0.248 e. The summed E-state index contributed by atoms with van der Waals surface area (Å²) < 4.78 is 10.3. The molecule has 0 saturated carbocycles.